The number of nitrogens with zero attached hydrogens (tertiary/aromatic N) is 1. The minimum atomic E-state index is -0.676. The largest absolute Gasteiger partial charge is 0.497 e. The van der Waals surface area contributed by atoms with Gasteiger partial charge >= 0.3 is 0 Å². The van der Waals surface area contributed by atoms with Crippen molar-refractivity contribution in [2.75, 3.05) is 13.7 Å². The highest BCUT2D eigenvalue weighted by atomic mass is 16.5. The Morgan fingerprint density at radius 2 is 1.68 bits per heavy atom. The van der Waals surface area contributed by atoms with Crippen LogP contribution < -0.4 is 10.1 Å². The summed E-state index contributed by atoms with van der Waals surface area (Å²) in [5.41, 5.74) is 1.75. The van der Waals surface area contributed by atoms with Gasteiger partial charge in [-0.3, -0.25) is 9.59 Å². The molecule has 28 heavy (non-hydrogen) atoms. The minimum absolute atomic E-state index is 0.0590. The smallest absolute Gasteiger partial charge is 0.247 e. The molecule has 0 aliphatic carbocycles. The number of carbonyl (C=O) groups is 2. The zero-order chi connectivity index (χ0) is 20.5. The summed E-state index contributed by atoms with van der Waals surface area (Å²) in [4.78, 5) is 27.8. The maximum Gasteiger partial charge on any atom is 0.247 e. The molecule has 0 bridgehead atoms. The van der Waals surface area contributed by atoms with Gasteiger partial charge in [-0.1, -0.05) is 63.2 Å². The number of hydrogen-bond acceptors (Lipinski definition) is 3. The molecule has 1 unspecified atom stereocenters. The molecule has 150 valence electrons. The lowest BCUT2D eigenvalue weighted by Gasteiger charge is -2.33. The fourth-order valence-corrected chi connectivity index (χ4v) is 3.01. The van der Waals surface area contributed by atoms with E-state index in [1.165, 1.54) is 0 Å². The minimum Gasteiger partial charge on any atom is -0.497 e. The molecule has 0 fully saturated rings. The summed E-state index contributed by atoms with van der Waals surface area (Å²) in [6.07, 6.45) is 0.837. The first kappa shape index (κ1) is 21.5. The molecule has 2 aromatic rings. The first-order valence-electron chi connectivity index (χ1n) is 9.74. The summed E-state index contributed by atoms with van der Waals surface area (Å²) in [5.74, 6) is 0.320. The van der Waals surface area contributed by atoms with Gasteiger partial charge in [-0.15, -0.1) is 0 Å². The van der Waals surface area contributed by atoms with Crippen LogP contribution in [0.25, 0.3) is 0 Å². The fourth-order valence-electron chi connectivity index (χ4n) is 3.01. The molecule has 5 heteroatoms. The molecule has 2 rings (SSSR count). The van der Waals surface area contributed by atoms with E-state index in [0.717, 1.165) is 23.3 Å². The third-order valence-electron chi connectivity index (χ3n) is 4.51. The molecule has 0 radical (unpaired) electrons. The van der Waals surface area contributed by atoms with Gasteiger partial charge in [0.2, 0.25) is 11.8 Å². The average molecular weight is 383 g/mol. The van der Waals surface area contributed by atoms with Crippen LogP contribution in [0, 0.1) is 5.92 Å². The predicted molar refractivity (Wildman–Crippen MR) is 111 cm³/mol. The highest BCUT2D eigenvalue weighted by molar-refractivity contribution is 5.89. The third-order valence-corrected chi connectivity index (χ3v) is 4.51. The summed E-state index contributed by atoms with van der Waals surface area (Å²) in [6.45, 7) is 6.64. The molecule has 0 aliphatic heterocycles. The van der Waals surface area contributed by atoms with Crippen LogP contribution in [0.1, 0.15) is 44.4 Å². The number of nitrogens with one attached hydrogen (secondary N) is 1. The third kappa shape index (κ3) is 5.59. The van der Waals surface area contributed by atoms with Gasteiger partial charge in [0.25, 0.3) is 0 Å². The molecule has 0 saturated carbocycles. The number of methoxy groups -OCH3 is 1. The maximum atomic E-state index is 13.1. The summed E-state index contributed by atoms with van der Waals surface area (Å²) in [6, 6.07) is 16.4. The number of rotatable bonds is 9. The molecular weight excluding hydrogens is 352 g/mol. The van der Waals surface area contributed by atoms with E-state index in [4.69, 9.17) is 4.74 Å². The van der Waals surface area contributed by atoms with Crippen LogP contribution in [0.5, 0.6) is 5.75 Å². The summed E-state index contributed by atoms with van der Waals surface area (Å²) in [5, 5.41) is 2.96. The molecule has 0 aliphatic rings. The average Bonchev–Trinajstić information content (AvgIpc) is 2.72. The van der Waals surface area contributed by atoms with Gasteiger partial charge in [-0.2, -0.15) is 0 Å². The number of benzene rings is 2. The quantitative estimate of drug-likeness (QED) is 0.714. The maximum absolute atomic E-state index is 13.1. The normalized spacial score (nSPS) is 11.8. The van der Waals surface area contributed by atoms with E-state index in [1.54, 1.807) is 12.0 Å². The summed E-state index contributed by atoms with van der Waals surface area (Å²) < 4.78 is 5.21. The van der Waals surface area contributed by atoms with Crippen molar-refractivity contribution in [2.24, 2.45) is 5.92 Å². The number of amides is 2. The zero-order valence-electron chi connectivity index (χ0n) is 17.1. The van der Waals surface area contributed by atoms with Crippen molar-refractivity contribution in [3.63, 3.8) is 0 Å². The van der Waals surface area contributed by atoms with E-state index in [0.29, 0.717) is 13.1 Å². The molecule has 0 saturated heterocycles. The van der Waals surface area contributed by atoms with Crippen LogP contribution in [-0.4, -0.2) is 30.4 Å². The first-order valence-corrected chi connectivity index (χ1v) is 9.74. The Morgan fingerprint density at radius 1 is 1.04 bits per heavy atom. The lowest BCUT2D eigenvalue weighted by Crippen LogP contribution is -2.45. The van der Waals surface area contributed by atoms with Crippen LogP contribution in [0.4, 0.5) is 0 Å². The molecule has 1 N–H and O–H groups in total. The second-order valence-corrected chi connectivity index (χ2v) is 7.07. The predicted octanol–water partition coefficient (Wildman–Crippen LogP) is 3.95. The highest BCUT2D eigenvalue weighted by Gasteiger charge is 2.32. The first-order chi connectivity index (χ1) is 13.5. The van der Waals surface area contributed by atoms with E-state index < -0.39 is 6.04 Å². The topological polar surface area (TPSA) is 58.6 Å². The highest BCUT2D eigenvalue weighted by Crippen LogP contribution is 2.26. The van der Waals surface area contributed by atoms with E-state index in [9.17, 15) is 9.59 Å². The number of ether oxygens (including phenoxy) is 1. The lowest BCUT2D eigenvalue weighted by molar-refractivity contribution is -0.144. The SMILES string of the molecule is CCCNC(=O)C(c1ccccc1)N(Cc1ccc(OC)cc1)C(=O)C(C)C. The molecular formula is C23H30N2O3. The molecule has 2 aromatic carbocycles. The van der Waals surface area contributed by atoms with Gasteiger partial charge in [0.1, 0.15) is 11.8 Å². The van der Waals surface area contributed by atoms with Gasteiger partial charge in [-0.05, 0) is 29.7 Å². The van der Waals surface area contributed by atoms with Crippen molar-refractivity contribution in [1.82, 2.24) is 10.2 Å². The van der Waals surface area contributed by atoms with Crippen molar-refractivity contribution in [3.05, 3.63) is 65.7 Å². The van der Waals surface area contributed by atoms with E-state index in [-0.39, 0.29) is 17.7 Å². The van der Waals surface area contributed by atoms with Crippen molar-refractivity contribution in [2.45, 2.75) is 39.8 Å². The van der Waals surface area contributed by atoms with Crippen LogP contribution in [-0.2, 0) is 16.1 Å². The zero-order valence-corrected chi connectivity index (χ0v) is 17.1. The van der Waals surface area contributed by atoms with Crippen molar-refractivity contribution < 1.29 is 14.3 Å². The Labute approximate surface area is 167 Å². The Kier molecular flexibility index (Phi) is 8.05. The van der Waals surface area contributed by atoms with Crippen LogP contribution in [0.3, 0.4) is 0 Å². The second-order valence-electron chi connectivity index (χ2n) is 7.07. The van der Waals surface area contributed by atoms with Gasteiger partial charge < -0.3 is 15.0 Å². The number of carbonyl (C=O) groups excluding carboxylic acids is 2. The summed E-state index contributed by atoms with van der Waals surface area (Å²) >= 11 is 0. The lowest BCUT2D eigenvalue weighted by atomic mass is 10.0. The van der Waals surface area contributed by atoms with Crippen LogP contribution in [0.15, 0.2) is 54.6 Å². The summed E-state index contributed by atoms with van der Waals surface area (Å²) in [7, 11) is 1.62. The van der Waals surface area contributed by atoms with Gasteiger partial charge in [0.05, 0.1) is 7.11 Å². The van der Waals surface area contributed by atoms with Crippen molar-refractivity contribution in [3.8, 4) is 5.75 Å². The Balaban J connectivity index is 2.42. The van der Waals surface area contributed by atoms with Gasteiger partial charge in [0.15, 0.2) is 0 Å². The van der Waals surface area contributed by atoms with Gasteiger partial charge in [-0.25, -0.2) is 0 Å². The van der Waals surface area contributed by atoms with Crippen molar-refractivity contribution >= 4 is 11.8 Å². The molecule has 0 aromatic heterocycles. The molecule has 1 atom stereocenters. The molecule has 5 nitrogen and oxygen atoms in total. The Morgan fingerprint density at radius 3 is 2.21 bits per heavy atom. The standard InChI is InChI=1S/C23H30N2O3/c1-5-15-24-22(26)21(19-9-7-6-8-10-19)25(23(27)17(2)3)16-18-11-13-20(28-4)14-12-18/h6-14,17,21H,5,15-16H2,1-4H3,(H,24,26). The molecule has 0 spiro atoms. The van der Waals surface area contributed by atoms with E-state index >= 15 is 0 Å². The monoisotopic (exact) mass is 382 g/mol. The van der Waals surface area contributed by atoms with Crippen LogP contribution in [0.2, 0.25) is 0 Å². The van der Waals surface area contributed by atoms with Gasteiger partial charge in [0, 0.05) is 19.0 Å². The second kappa shape index (κ2) is 10.5. The molecule has 0 heterocycles. The van der Waals surface area contributed by atoms with Crippen LogP contribution >= 0.6 is 0 Å². The Bertz CT molecular complexity index is 757. The van der Waals surface area contributed by atoms with E-state index in [2.05, 4.69) is 5.32 Å². The Hall–Kier alpha value is -2.82. The number of hydrogen-bond donors (Lipinski definition) is 1. The van der Waals surface area contributed by atoms with Crippen molar-refractivity contribution in [1.29, 1.82) is 0 Å². The molecule has 2 amide bonds. The fraction of sp³-hybridized carbons (Fsp3) is 0.391. The van der Waals surface area contributed by atoms with E-state index in [1.807, 2.05) is 75.4 Å².